The molecule has 0 spiro atoms. The molecule has 0 fully saturated rings. The first-order valence-electron chi connectivity index (χ1n) is 4.34. The molecule has 4 heteroatoms. The Labute approximate surface area is 82.6 Å². The number of carbonyl (C=O) groups excluding carboxylic acids is 1. The fourth-order valence-corrected chi connectivity index (χ4v) is 0.992. The quantitative estimate of drug-likeness (QED) is 0.688. The van der Waals surface area contributed by atoms with Crippen LogP contribution in [0.1, 0.15) is 5.56 Å². The maximum absolute atomic E-state index is 10.8. The van der Waals surface area contributed by atoms with E-state index in [0.717, 1.165) is 5.56 Å². The molecule has 0 aromatic heterocycles. The molecule has 0 heterocycles. The molecule has 0 saturated carbocycles. The lowest BCUT2D eigenvalue weighted by molar-refractivity contribution is -0.386. The van der Waals surface area contributed by atoms with Gasteiger partial charge in [0.25, 0.3) is 0 Å². The normalized spacial score (nSPS) is 9.57. The maximum Gasteiger partial charge on any atom is 0.343 e. The molecule has 1 rings (SSSR count). The molecule has 3 N–H and O–H groups in total. The highest BCUT2D eigenvalue weighted by atomic mass is 16.6. The van der Waals surface area contributed by atoms with Crippen molar-refractivity contribution in [3.63, 3.8) is 0 Å². The van der Waals surface area contributed by atoms with Crippen molar-refractivity contribution < 1.29 is 20.0 Å². The van der Waals surface area contributed by atoms with Crippen molar-refractivity contribution in [3.8, 4) is 5.75 Å². The van der Waals surface area contributed by atoms with Crippen LogP contribution >= 0.6 is 0 Å². The van der Waals surface area contributed by atoms with Gasteiger partial charge >= 0.3 is 5.97 Å². The van der Waals surface area contributed by atoms with Crippen LogP contribution < -0.4 is 10.5 Å². The SMILES string of the molecule is COC(=O)COc1cccc(C[NH3+])c1. The molecule has 1 aromatic rings. The van der Waals surface area contributed by atoms with Gasteiger partial charge in [0.15, 0.2) is 6.61 Å². The fourth-order valence-electron chi connectivity index (χ4n) is 0.992. The van der Waals surface area contributed by atoms with Gasteiger partial charge in [-0.25, -0.2) is 4.79 Å². The monoisotopic (exact) mass is 196 g/mol. The number of methoxy groups -OCH3 is 1. The zero-order valence-electron chi connectivity index (χ0n) is 8.16. The summed E-state index contributed by atoms with van der Waals surface area (Å²) in [5.41, 5.74) is 4.84. The number of benzene rings is 1. The van der Waals surface area contributed by atoms with E-state index in [-0.39, 0.29) is 12.6 Å². The zero-order chi connectivity index (χ0) is 10.4. The van der Waals surface area contributed by atoms with E-state index in [2.05, 4.69) is 10.5 Å². The van der Waals surface area contributed by atoms with E-state index in [1.807, 2.05) is 18.2 Å². The predicted octanol–water partition coefficient (Wildman–Crippen LogP) is -0.0197. The van der Waals surface area contributed by atoms with Gasteiger partial charge in [-0.2, -0.15) is 0 Å². The Hall–Kier alpha value is -1.55. The van der Waals surface area contributed by atoms with Crippen LogP contribution in [0.25, 0.3) is 0 Å². The van der Waals surface area contributed by atoms with Crippen LogP contribution in [0.5, 0.6) is 5.75 Å². The molecular weight excluding hydrogens is 182 g/mol. The molecule has 0 saturated heterocycles. The highest BCUT2D eigenvalue weighted by Crippen LogP contribution is 2.12. The van der Waals surface area contributed by atoms with Crippen LogP contribution in [0.15, 0.2) is 24.3 Å². The predicted molar refractivity (Wildman–Crippen MR) is 50.5 cm³/mol. The Bertz CT molecular complexity index is 312. The first-order chi connectivity index (χ1) is 6.76. The first-order valence-corrected chi connectivity index (χ1v) is 4.34. The molecule has 0 amide bonds. The summed E-state index contributed by atoms with van der Waals surface area (Å²) >= 11 is 0. The van der Waals surface area contributed by atoms with E-state index in [0.29, 0.717) is 12.3 Å². The van der Waals surface area contributed by atoms with E-state index < -0.39 is 0 Å². The van der Waals surface area contributed by atoms with Crippen molar-refractivity contribution in [1.29, 1.82) is 0 Å². The largest absolute Gasteiger partial charge is 0.482 e. The zero-order valence-corrected chi connectivity index (χ0v) is 8.16. The molecule has 0 aliphatic carbocycles. The maximum atomic E-state index is 10.8. The molecule has 0 unspecified atom stereocenters. The van der Waals surface area contributed by atoms with Crippen molar-refractivity contribution in [2.75, 3.05) is 13.7 Å². The Morgan fingerprint density at radius 1 is 1.50 bits per heavy atom. The second-order valence-electron chi connectivity index (χ2n) is 2.76. The number of esters is 1. The summed E-state index contributed by atoms with van der Waals surface area (Å²) in [5.74, 6) is 0.279. The summed E-state index contributed by atoms with van der Waals surface area (Å²) in [6.07, 6.45) is 0. The van der Waals surface area contributed by atoms with E-state index in [1.165, 1.54) is 7.11 Å². The van der Waals surface area contributed by atoms with E-state index >= 15 is 0 Å². The topological polar surface area (TPSA) is 63.2 Å². The molecule has 0 aliphatic heterocycles. The summed E-state index contributed by atoms with van der Waals surface area (Å²) in [6.45, 7) is 0.645. The molecule has 0 radical (unpaired) electrons. The lowest BCUT2D eigenvalue weighted by atomic mass is 10.2. The van der Waals surface area contributed by atoms with Gasteiger partial charge in [-0.15, -0.1) is 0 Å². The Kier molecular flexibility index (Phi) is 3.94. The van der Waals surface area contributed by atoms with Gasteiger partial charge in [0, 0.05) is 5.56 Å². The lowest BCUT2D eigenvalue weighted by Crippen LogP contribution is -2.47. The number of rotatable bonds is 4. The summed E-state index contributed by atoms with van der Waals surface area (Å²) < 4.78 is 9.65. The lowest BCUT2D eigenvalue weighted by Gasteiger charge is -2.04. The molecule has 14 heavy (non-hydrogen) atoms. The molecular formula is C10H14NO3+. The van der Waals surface area contributed by atoms with Crippen molar-refractivity contribution in [3.05, 3.63) is 29.8 Å². The number of hydrogen-bond donors (Lipinski definition) is 1. The highest BCUT2D eigenvalue weighted by molar-refractivity contribution is 5.70. The van der Waals surface area contributed by atoms with E-state index in [9.17, 15) is 4.79 Å². The van der Waals surface area contributed by atoms with Crippen LogP contribution in [0.3, 0.4) is 0 Å². The Morgan fingerprint density at radius 3 is 2.93 bits per heavy atom. The standard InChI is InChI=1S/C10H13NO3/c1-13-10(12)7-14-9-4-2-3-8(5-9)6-11/h2-5H,6-7,11H2,1H3/p+1. The van der Waals surface area contributed by atoms with Crippen LogP contribution in [-0.4, -0.2) is 19.7 Å². The van der Waals surface area contributed by atoms with Crippen LogP contribution in [0.4, 0.5) is 0 Å². The third-order valence-electron chi connectivity index (χ3n) is 1.77. The molecule has 0 bridgehead atoms. The Balaban J connectivity index is 2.54. The summed E-state index contributed by atoms with van der Waals surface area (Å²) in [4.78, 5) is 10.8. The Morgan fingerprint density at radius 2 is 2.29 bits per heavy atom. The second kappa shape index (κ2) is 5.24. The average molecular weight is 196 g/mol. The first kappa shape index (κ1) is 10.5. The van der Waals surface area contributed by atoms with Gasteiger partial charge in [0.05, 0.1) is 13.7 Å². The van der Waals surface area contributed by atoms with E-state index in [4.69, 9.17) is 4.74 Å². The van der Waals surface area contributed by atoms with Crippen molar-refractivity contribution in [2.24, 2.45) is 0 Å². The van der Waals surface area contributed by atoms with Gasteiger partial charge in [0.1, 0.15) is 5.75 Å². The van der Waals surface area contributed by atoms with Crippen molar-refractivity contribution >= 4 is 5.97 Å². The number of carbonyl (C=O) groups is 1. The molecule has 0 aliphatic rings. The third kappa shape index (κ3) is 3.06. The van der Waals surface area contributed by atoms with E-state index in [1.54, 1.807) is 6.07 Å². The van der Waals surface area contributed by atoms with Crippen molar-refractivity contribution in [1.82, 2.24) is 0 Å². The summed E-state index contributed by atoms with van der Waals surface area (Å²) in [7, 11) is 1.33. The van der Waals surface area contributed by atoms with Crippen LogP contribution in [0, 0.1) is 0 Å². The molecule has 1 aromatic carbocycles. The number of hydrogen-bond acceptors (Lipinski definition) is 3. The third-order valence-corrected chi connectivity index (χ3v) is 1.77. The number of quaternary nitrogens is 1. The van der Waals surface area contributed by atoms with Gasteiger partial charge in [0.2, 0.25) is 0 Å². The second-order valence-corrected chi connectivity index (χ2v) is 2.76. The molecule has 76 valence electrons. The average Bonchev–Trinajstić information content (AvgIpc) is 2.26. The van der Waals surface area contributed by atoms with Gasteiger partial charge < -0.3 is 15.2 Å². The summed E-state index contributed by atoms with van der Waals surface area (Å²) in [5, 5.41) is 0. The van der Waals surface area contributed by atoms with Crippen LogP contribution in [0.2, 0.25) is 0 Å². The minimum Gasteiger partial charge on any atom is -0.482 e. The molecule has 0 atom stereocenters. The number of ether oxygens (including phenoxy) is 2. The minimum atomic E-state index is -0.384. The highest BCUT2D eigenvalue weighted by Gasteiger charge is 2.01. The van der Waals surface area contributed by atoms with Gasteiger partial charge in [-0.1, -0.05) is 12.1 Å². The smallest absolute Gasteiger partial charge is 0.343 e. The van der Waals surface area contributed by atoms with Gasteiger partial charge in [-0.3, -0.25) is 0 Å². The summed E-state index contributed by atoms with van der Waals surface area (Å²) in [6, 6.07) is 7.48. The van der Waals surface area contributed by atoms with Gasteiger partial charge in [-0.05, 0) is 12.1 Å². The van der Waals surface area contributed by atoms with Crippen molar-refractivity contribution in [2.45, 2.75) is 6.54 Å². The molecule has 4 nitrogen and oxygen atoms in total. The fraction of sp³-hybridized carbons (Fsp3) is 0.300. The van der Waals surface area contributed by atoms with Crippen LogP contribution in [-0.2, 0) is 16.1 Å². The minimum absolute atomic E-state index is 0.0584.